The molecule has 7 nitrogen and oxygen atoms in total. The Balaban J connectivity index is 2.33. The van der Waals surface area contributed by atoms with Crippen molar-refractivity contribution in [2.45, 2.75) is 162 Å². The maximum Gasteiger partial charge on any atom is 0.472 e. The monoisotopic (exact) mass is 639 g/mol. The lowest BCUT2D eigenvalue weighted by Crippen LogP contribution is -2.18. The van der Waals surface area contributed by atoms with E-state index in [0.717, 1.165) is 24.2 Å². The van der Waals surface area contributed by atoms with Crippen LogP contribution in [0.3, 0.4) is 0 Å². The molecule has 1 rings (SSSR count). The van der Waals surface area contributed by atoms with E-state index in [9.17, 15) is 14.3 Å². The number of Topliss-reactive ketones (excluding diaryl/α,β-unsaturated/α-hetero) is 1. The van der Waals surface area contributed by atoms with Gasteiger partial charge in [-0.25, -0.2) is 4.57 Å². The summed E-state index contributed by atoms with van der Waals surface area (Å²) in [4.78, 5) is 22.5. The summed E-state index contributed by atoms with van der Waals surface area (Å²) < 4.78 is 29.3. The number of hydrogen-bond acceptors (Lipinski definition) is 6. The molecule has 3 atom stereocenters. The summed E-state index contributed by atoms with van der Waals surface area (Å²) in [6.45, 7) is 6.94. The number of benzene rings is 1. The van der Waals surface area contributed by atoms with Gasteiger partial charge in [0.1, 0.15) is 11.5 Å². The average molecular weight is 640 g/mol. The standard InChI is InChI=1S/C36H66NO6P/c1-4-6-7-8-9-10-11-12-13-14-15-16-17-18-19-22-28-41-36-26-21-20-25-34(36)29-33(30-35(38)5-2)31-42-44(39,40)43-32(3)24-23-27-37/h20-21,25-26,32-33H,4-19,22-24,27-31,37H2,1-3H3,(H,39,40). The number of hydrogen-bond donors (Lipinski definition) is 2. The molecular weight excluding hydrogens is 573 g/mol. The Labute approximate surface area is 270 Å². The van der Waals surface area contributed by atoms with Crippen molar-refractivity contribution in [1.29, 1.82) is 0 Å². The third kappa shape index (κ3) is 22.3. The van der Waals surface area contributed by atoms with Crippen LogP contribution in [0, 0.1) is 5.92 Å². The Hall–Kier alpha value is -1.24. The number of carbonyl (C=O) groups excluding carboxylic acids is 1. The number of carbonyl (C=O) groups is 1. The molecule has 0 bridgehead atoms. The lowest BCUT2D eigenvalue weighted by molar-refractivity contribution is -0.120. The van der Waals surface area contributed by atoms with E-state index >= 15 is 0 Å². The Morgan fingerprint density at radius 1 is 0.841 bits per heavy atom. The molecule has 0 aliphatic carbocycles. The minimum atomic E-state index is -4.24. The fourth-order valence-corrected chi connectivity index (χ4v) is 6.55. The van der Waals surface area contributed by atoms with E-state index in [-0.39, 0.29) is 24.7 Å². The highest BCUT2D eigenvalue weighted by molar-refractivity contribution is 7.47. The van der Waals surface area contributed by atoms with Gasteiger partial charge in [0.2, 0.25) is 0 Å². The second kappa shape index (κ2) is 26.9. The van der Waals surface area contributed by atoms with Crippen molar-refractivity contribution < 1.29 is 28.0 Å². The van der Waals surface area contributed by atoms with Crippen LogP contribution < -0.4 is 10.5 Å². The highest BCUT2D eigenvalue weighted by Crippen LogP contribution is 2.46. The number of para-hydroxylation sites is 1. The molecule has 0 amide bonds. The Morgan fingerprint density at radius 2 is 1.39 bits per heavy atom. The van der Waals surface area contributed by atoms with Crippen molar-refractivity contribution >= 4 is 13.6 Å². The van der Waals surface area contributed by atoms with Crippen LogP contribution in [-0.2, 0) is 24.8 Å². The fourth-order valence-electron chi connectivity index (χ4n) is 5.53. The molecule has 256 valence electrons. The third-order valence-electron chi connectivity index (χ3n) is 8.25. The molecule has 0 radical (unpaired) electrons. The van der Waals surface area contributed by atoms with Crippen molar-refractivity contribution in [1.82, 2.24) is 0 Å². The second-order valence-corrected chi connectivity index (χ2v) is 13.9. The van der Waals surface area contributed by atoms with Gasteiger partial charge in [-0.1, -0.05) is 128 Å². The number of nitrogens with two attached hydrogens (primary N) is 1. The van der Waals surface area contributed by atoms with Crippen LogP contribution in [0.25, 0.3) is 0 Å². The summed E-state index contributed by atoms with van der Waals surface area (Å²) in [7, 11) is -4.24. The van der Waals surface area contributed by atoms with Gasteiger partial charge in [-0.15, -0.1) is 0 Å². The Bertz CT molecular complexity index is 882. The zero-order chi connectivity index (χ0) is 32.3. The van der Waals surface area contributed by atoms with Gasteiger partial charge in [0.05, 0.1) is 19.3 Å². The largest absolute Gasteiger partial charge is 0.493 e. The van der Waals surface area contributed by atoms with Gasteiger partial charge in [0.15, 0.2) is 0 Å². The topological polar surface area (TPSA) is 108 Å². The molecule has 3 N–H and O–H groups in total. The first-order valence-electron chi connectivity index (χ1n) is 17.9. The van der Waals surface area contributed by atoms with Crippen LogP contribution in [0.2, 0.25) is 0 Å². The van der Waals surface area contributed by atoms with Gasteiger partial charge in [0.25, 0.3) is 0 Å². The molecule has 1 aromatic rings. The minimum Gasteiger partial charge on any atom is -0.493 e. The first-order chi connectivity index (χ1) is 21.3. The second-order valence-electron chi connectivity index (χ2n) is 12.5. The van der Waals surface area contributed by atoms with Crippen LogP contribution in [0.4, 0.5) is 0 Å². The zero-order valence-electron chi connectivity index (χ0n) is 28.4. The quantitative estimate of drug-likeness (QED) is 0.0615. The smallest absolute Gasteiger partial charge is 0.472 e. The molecule has 0 saturated heterocycles. The van der Waals surface area contributed by atoms with Gasteiger partial charge >= 0.3 is 7.82 Å². The predicted molar refractivity (Wildman–Crippen MR) is 183 cm³/mol. The van der Waals surface area contributed by atoms with Crippen molar-refractivity contribution in [2.24, 2.45) is 11.7 Å². The molecule has 0 aliphatic rings. The predicted octanol–water partition coefficient (Wildman–Crippen LogP) is 10.1. The number of ketones is 1. The van der Waals surface area contributed by atoms with E-state index < -0.39 is 13.9 Å². The van der Waals surface area contributed by atoms with Crippen molar-refractivity contribution in [2.75, 3.05) is 19.8 Å². The Kier molecular flexibility index (Phi) is 25.0. The third-order valence-corrected chi connectivity index (χ3v) is 9.35. The lowest BCUT2D eigenvalue weighted by Gasteiger charge is -2.22. The SMILES string of the molecule is CCCCCCCCCCCCCCCCCCOc1ccccc1CC(COP(=O)(O)OC(C)CCCN)CC(=O)CC. The molecule has 0 fully saturated rings. The fraction of sp³-hybridized carbons (Fsp3) is 0.806. The maximum atomic E-state index is 12.5. The van der Waals surface area contributed by atoms with E-state index in [0.29, 0.717) is 38.8 Å². The zero-order valence-corrected chi connectivity index (χ0v) is 29.3. The van der Waals surface area contributed by atoms with Gasteiger partial charge in [-0.2, -0.15) is 0 Å². The molecule has 1 aromatic carbocycles. The van der Waals surface area contributed by atoms with Crippen LogP contribution in [0.1, 0.15) is 155 Å². The number of phosphoric acid groups is 1. The molecule has 0 saturated carbocycles. The van der Waals surface area contributed by atoms with E-state index in [1.165, 1.54) is 89.9 Å². The average Bonchev–Trinajstić information content (AvgIpc) is 3.00. The van der Waals surface area contributed by atoms with Gasteiger partial charge in [-0.3, -0.25) is 13.8 Å². The molecule has 44 heavy (non-hydrogen) atoms. The van der Waals surface area contributed by atoms with E-state index in [1.807, 2.05) is 31.2 Å². The van der Waals surface area contributed by atoms with Crippen LogP contribution in [0.15, 0.2) is 24.3 Å². The normalized spacial score (nSPS) is 14.3. The summed E-state index contributed by atoms with van der Waals surface area (Å²) in [5.41, 5.74) is 6.50. The maximum absolute atomic E-state index is 12.5. The van der Waals surface area contributed by atoms with Crippen molar-refractivity contribution in [3.8, 4) is 5.75 Å². The molecule has 3 unspecified atom stereocenters. The number of rotatable bonds is 31. The van der Waals surface area contributed by atoms with Gasteiger partial charge in [0, 0.05) is 12.8 Å². The summed E-state index contributed by atoms with van der Waals surface area (Å²) in [6, 6.07) is 7.86. The Morgan fingerprint density at radius 3 is 1.93 bits per heavy atom. The first kappa shape index (κ1) is 40.8. The molecule has 8 heteroatoms. The highest BCUT2D eigenvalue weighted by atomic mass is 31.2. The number of phosphoric ester groups is 1. The van der Waals surface area contributed by atoms with Crippen LogP contribution >= 0.6 is 7.82 Å². The highest BCUT2D eigenvalue weighted by Gasteiger charge is 2.27. The van der Waals surface area contributed by atoms with E-state index in [2.05, 4.69) is 6.92 Å². The summed E-state index contributed by atoms with van der Waals surface area (Å²) in [5, 5.41) is 0. The van der Waals surface area contributed by atoms with Crippen LogP contribution in [-0.4, -0.2) is 36.5 Å². The van der Waals surface area contributed by atoms with Gasteiger partial charge in [-0.05, 0) is 56.7 Å². The molecule has 0 aliphatic heterocycles. The van der Waals surface area contributed by atoms with Gasteiger partial charge < -0.3 is 15.4 Å². The van der Waals surface area contributed by atoms with Crippen LogP contribution in [0.5, 0.6) is 5.75 Å². The molecular formula is C36H66NO6P. The molecule has 0 heterocycles. The molecule has 0 spiro atoms. The molecule has 0 aromatic heterocycles. The van der Waals surface area contributed by atoms with E-state index in [4.69, 9.17) is 19.5 Å². The van der Waals surface area contributed by atoms with E-state index in [1.54, 1.807) is 6.92 Å². The lowest BCUT2D eigenvalue weighted by atomic mass is 9.94. The number of ether oxygens (including phenoxy) is 1. The summed E-state index contributed by atoms with van der Waals surface area (Å²) >= 11 is 0. The summed E-state index contributed by atoms with van der Waals surface area (Å²) in [6.07, 6.45) is 23.4. The summed E-state index contributed by atoms with van der Waals surface area (Å²) in [5.74, 6) is 0.641. The first-order valence-corrected chi connectivity index (χ1v) is 19.4. The van der Waals surface area contributed by atoms with Crippen molar-refractivity contribution in [3.05, 3.63) is 29.8 Å². The van der Waals surface area contributed by atoms with Crippen molar-refractivity contribution in [3.63, 3.8) is 0 Å². The number of unbranched alkanes of at least 4 members (excludes halogenated alkanes) is 15. The minimum absolute atomic E-state index is 0.0451.